The Hall–Kier alpha value is -2.96. The lowest BCUT2D eigenvalue weighted by Crippen LogP contribution is -2.11. The summed E-state index contributed by atoms with van der Waals surface area (Å²) >= 11 is 0. The molecule has 0 aliphatic heterocycles. The number of H-pyrrole nitrogens is 1. The number of aromatic amines is 1. The van der Waals surface area contributed by atoms with E-state index < -0.39 is 0 Å². The smallest absolute Gasteiger partial charge is 0.163 e. The maximum atomic E-state index is 4.68. The van der Waals surface area contributed by atoms with Gasteiger partial charge in [-0.3, -0.25) is 4.68 Å². The number of aromatic nitrogens is 6. The summed E-state index contributed by atoms with van der Waals surface area (Å²) in [5.41, 5.74) is 4.04. The van der Waals surface area contributed by atoms with Crippen LogP contribution >= 0.6 is 0 Å². The van der Waals surface area contributed by atoms with Gasteiger partial charge in [-0.1, -0.05) is 6.07 Å². The first-order valence-electron chi connectivity index (χ1n) is 7.90. The molecule has 4 rings (SSSR count). The second-order valence-corrected chi connectivity index (χ2v) is 6.13. The number of imidazole rings is 1. The summed E-state index contributed by atoms with van der Waals surface area (Å²) in [6, 6.07) is 6.19. The summed E-state index contributed by atoms with van der Waals surface area (Å²) < 4.78 is 1.75. The largest absolute Gasteiger partial charge is 0.360 e. The van der Waals surface area contributed by atoms with Crippen molar-refractivity contribution in [3.8, 4) is 0 Å². The Kier molecular flexibility index (Phi) is 3.23. The third kappa shape index (κ3) is 2.38. The Balaban J connectivity index is 1.71. The molecule has 0 radical (unpaired) electrons. The highest BCUT2D eigenvalue weighted by Crippen LogP contribution is 2.24. The minimum absolute atomic E-state index is 0.0181. The molecule has 3 aromatic heterocycles. The van der Waals surface area contributed by atoms with Crippen molar-refractivity contribution in [3.05, 3.63) is 41.6 Å². The molecule has 0 aliphatic rings. The van der Waals surface area contributed by atoms with Gasteiger partial charge in [-0.25, -0.2) is 15.0 Å². The second kappa shape index (κ2) is 5.30. The van der Waals surface area contributed by atoms with Crippen molar-refractivity contribution < 1.29 is 0 Å². The van der Waals surface area contributed by atoms with Gasteiger partial charge >= 0.3 is 0 Å². The lowest BCUT2D eigenvalue weighted by atomic mass is 10.2. The van der Waals surface area contributed by atoms with Crippen molar-refractivity contribution in [2.24, 2.45) is 7.05 Å². The van der Waals surface area contributed by atoms with E-state index in [1.54, 1.807) is 10.9 Å². The summed E-state index contributed by atoms with van der Waals surface area (Å²) in [7, 11) is 1.88. The van der Waals surface area contributed by atoms with Crippen LogP contribution in [0.1, 0.15) is 30.2 Å². The third-order valence-electron chi connectivity index (χ3n) is 4.12. The summed E-state index contributed by atoms with van der Waals surface area (Å²) in [6.07, 6.45) is 1.78. The fraction of sp³-hybridized carbons (Fsp3) is 0.294. The van der Waals surface area contributed by atoms with Crippen LogP contribution in [0.25, 0.3) is 22.1 Å². The molecule has 7 nitrogen and oxygen atoms in total. The first kappa shape index (κ1) is 14.6. The Morgan fingerprint density at radius 1 is 1.17 bits per heavy atom. The lowest BCUT2D eigenvalue weighted by molar-refractivity contribution is 0.781. The van der Waals surface area contributed by atoms with Crippen molar-refractivity contribution in [1.82, 2.24) is 29.7 Å². The first-order chi connectivity index (χ1) is 11.5. The maximum Gasteiger partial charge on any atom is 0.163 e. The van der Waals surface area contributed by atoms with Crippen molar-refractivity contribution in [1.29, 1.82) is 0 Å². The number of hydrogen-bond donors (Lipinski definition) is 2. The van der Waals surface area contributed by atoms with Crippen LogP contribution in [0.15, 0.2) is 24.4 Å². The Morgan fingerprint density at radius 3 is 2.83 bits per heavy atom. The number of nitrogens with one attached hydrogen (secondary N) is 2. The van der Waals surface area contributed by atoms with Gasteiger partial charge in [0.15, 0.2) is 5.65 Å². The summed E-state index contributed by atoms with van der Waals surface area (Å²) in [5.74, 6) is 2.36. The standard InChI is InChI=1S/C17H19N7/c1-9-5-6-13-14(7-9)23-15(22-13)10(2)19-16-12-8-18-24(4)17(12)21-11(3)20-16/h5-8,10H,1-4H3,(H,22,23)(H,19,20,21). The number of nitrogens with zero attached hydrogens (tertiary/aromatic N) is 5. The molecular formula is C17H19N7. The van der Waals surface area contributed by atoms with Gasteiger partial charge in [-0.2, -0.15) is 5.10 Å². The van der Waals surface area contributed by atoms with E-state index in [9.17, 15) is 0 Å². The molecule has 1 atom stereocenters. The third-order valence-corrected chi connectivity index (χ3v) is 4.12. The molecule has 4 aromatic rings. The van der Waals surface area contributed by atoms with Gasteiger partial charge in [0.2, 0.25) is 0 Å². The predicted molar refractivity (Wildman–Crippen MR) is 93.9 cm³/mol. The van der Waals surface area contributed by atoms with Crippen LogP contribution in [0.5, 0.6) is 0 Å². The van der Waals surface area contributed by atoms with Crippen molar-refractivity contribution >= 4 is 27.9 Å². The van der Waals surface area contributed by atoms with Crippen LogP contribution < -0.4 is 5.32 Å². The van der Waals surface area contributed by atoms with E-state index in [0.29, 0.717) is 5.82 Å². The van der Waals surface area contributed by atoms with Crippen LogP contribution in [0.3, 0.4) is 0 Å². The molecule has 1 unspecified atom stereocenters. The number of fused-ring (bicyclic) bond motifs is 2. The molecule has 24 heavy (non-hydrogen) atoms. The monoisotopic (exact) mass is 321 g/mol. The quantitative estimate of drug-likeness (QED) is 0.606. The van der Waals surface area contributed by atoms with E-state index >= 15 is 0 Å². The summed E-state index contributed by atoms with van der Waals surface area (Å²) in [6.45, 7) is 6.01. The van der Waals surface area contributed by atoms with E-state index in [1.807, 2.05) is 20.0 Å². The van der Waals surface area contributed by atoms with Gasteiger partial charge < -0.3 is 10.3 Å². The van der Waals surface area contributed by atoms with Gasteiger partial charge in [-0.05, 0) is 38.5 Å². The highest BCUT2D eigenvalue weighted by atomic mass is 15.3. The SMILES string of the molecule is Cc1ccc2nc(C(C)Nc3nc(C)nc4c3cnn4C)[nH]c2c1. The van der Waals surface area contributed by atoms with Crippen LogP contribution in [-0.2, 0) is 7.05 Å². The van der Waals surface area contributed by atoms with E-state index in [0.717, 1.165) is 33.7 Å². The van der Waals surface area contributed by atoms with Crippen molar-refractivity contribution in [2.75, 3.05) is 5.32 Å². The van der Waals surface area contributed by atoms with E-state index in [4.69, 9.17) is 0 Å². The van der Waals surface area contributed by atoms with E-state index in [-0.39, 0.29) is 6.04 Å². The van der Waals surface area contributed by atoms with Gasteiger partial charge in [0.05, 0.1) is 28.7 Å². The summed E-state index contributed by atoms with van der Waals surface area (Å²) in [5, 5.41) is 8.61. The second-order valence-electron chi connectivity index (χ2n) is 6.13. The zero-order chi connectivity index (χ0) is 16.8. The molecule has 7 heteroatoms. The van der Waals surface area contributed by atoms with Crippen molar-refractivity contribution in [2.45, 2.75) is 26.8 Å². The first-order valence-corrected chi connectivity index (χ1v) is 7.90. The fourth-order valence-corrected chi connectivity index (χ4v) is 2.86. The molecule has 0 amide bonds. The molecule has 0 saturated carbocycles. The minimum Gasteiger partial charge on any atom is -0.360 e. The molecule has 122 valence electrons. The Bertz CT molecular complexity index is 1040. The molecule has 0 bridgehead atoms. The number of hydrogen-bond acceptors (Lipinski definition) is 5. The van der Waals surface area contributed by atoms with Crippen LogP contribution in [-0.4, -0.2) is 29.7 Å². The zero-order valence-electron chi connectivity index (χ0n) is 14.1. The highest BCUT2D eigenvalue weighted by molar-refractivity contribution is 5.86. The Morgan fingerprint density at radius 2 is 2.00 bits per heavy atom. The normalized spacial score (nSPS) is 12.8. The average molecular weight is 321 g/mol. The summed E-state index contributed by atoms with van der Waals surface area (Å²) in [4.78, 5) is 17.0. The molecule has 0 fully saturated rings. The average Bonchev–Trinajstić information content (AvgIpc) is 3.11. The molecule has 0 aliphatic carbocycles. The van der Waals surface area contributed by atoms with Crippen LogP contribution in [0.4, 0.5) is 5.82 Å². The van der Waals surface area contributed by atoms with Gasteiger partial charge in [0.25, 0.3) is 0 Å². The minimum atomic E-state index is -0.0181. The van der Waals surface area contributed by atoms with Crippen LogP contribution in [0, 0.1) is 13.8 Å². The van der Waals surface area contributed by atoms with Gasteiger partial charge in [0, 0.05) is 7.05 Å². The van der Waals surface area contributed by atoms with Gasteiger partial charge in [-0.15, -0.1) is 0 Å². The molecule has 1 aromatic carbocycles. The molecule has 3 heterocycles. The molecule has 0 spiro atoms. The number of rotatable bonds is 3. The number of benzene rings is 1. The number of anilines is 1. The van der Waals surface area contributed by atoms with E-state index in [2.05, 4.69) is 56.3 Å². The van der Waals surface area contributed by atoms with Crippen molar-refractivity contribution in [3.63, 3.8) is 0 Å². The highest BCUT2D eigenvalue weighted by Gasteiger charge is 2.15. The zero-order valence-corrected chi connectivity index (χ0v) is 14.1. The van der Waals surface area contributed by atoms with Crippen LogP contribution in [0.2, 0.25) is 0 Å². The Labute approximate surface area is 139 Å². The predicted octanol–water partition coefficient (Wildman–Crippen LogP) is 3.03. The van der Waals surface area contributed by atoms with E-state index in [1.165, 1.54) is 5.56 Å². The molecule has 0 saturated heterocycles. The maximum absolute atomic E-state index is 4.68. The topological polar surface area (TPSA) is 84.3 Å². The fourth-order valence-electron chi connectivity index (χ4n) is 2.86. The molecule has 2 N–H and O–H groups in total. The van der Waals surface area contributed by atoms with Gasteiger partial charge in [0.1, 0.15) is 17.5 Å². The molecular weight excluding hydrogens is 302 g/mol. The number of aryl methyl sites for hydroxylation is 3. The lowest BCUT2D eigenvalue weighted by Gasteiger charge is -2.13.